The predicted octanol–water partition coefficient (Wildman–Crippen LogP) is 11.5. The van der Waals surface area contributed by atoms with Crippen molar-refractivity contribution in [3.8, 4) is 0 Å². The molecular weight excluding hydrogens is 416 g/mol. The van der Waals surface area contributed by atoms with Crippen LogP contribution in [0.4, 0.5) is 0 Å². The fraction of sp³-hybridized carbons (Fsp3) is 0.969. The second-order valence-corrected chi connectivity index (χ2v) is 10.8. The Balaban J connectivity index is 3.05. The lowest BCUT2D eigenvalue weighted by Gasteiger charge is -2.05. The summed E-state index contributed by atoms with van der Waals surface area (Å²) < 4.78 is 5.26. The van der Waals surface area contributed by atoms with Crippen molar-refractivity contribution >= 4 is 5.97 Å². The third-order valence-electron chi connectivity index (χ3n) is 7.25. The van der Waals surface area contributed by atoms with Gasteiger partial charge in [-0.3, -0.25) is 4.79 Å². The molecule has 34 heavy (non-hydrogen) atoms. The topological polar surface area (TPSA) is 26.3 Å². The Morgan fingerprint density at radius 1 is 0.382 bits per heavy atom. The molecule has 0 N–H and O–H groups in total. The van der Waals surface area contributed by atoms with Gasteiger partial charge in [-0.2, -0.15) is 0 Å². The largest absolute Gasteiger partial charge is 0.466 e. The standard InChI is InChI=1S/C32H64O2/c1-3-5-7-8-9-10-11-12-13-14-15-16-17-18-19-20-21-22-23-24-25-26-27-28-29-31-34-32(33)30-6-4-2/h3-31H2,1-2H3. The maximum atomic E-state index is 11.4. The van der Waals surface area contributed by atoms with E-state index in [0.29, 0.717) is 13.0 Å². The zero-order chi connectivity index (χ0) is 24.8. The van der Waals surface area contributed by atoms with E-state index in [1.807, 2.05) is 0 Å². The Morgan fingerprint density at radius 2 is 0.647 bits per heavy atom. The van der Waals surface area contributed by atoms with Gasteiger partial charge in [-0.1, -0.05) is 174 Å². The Hall–Kier alpha value is -0.530. The van der Waals surface area contributed by atoms with Gasteiger partial charge in [0.25, 0.3) is 0 Å². The Labute approximate surface area is 215 Å². The van der Waals surface area contributed by atoms with Gasteiger partial charge in [0.1, 0.15) is 0 Å². The molecule has 2 nitrogen and oxygen atoms in total. The van der Waals surface area contributed by atoms with Gasteiger partial charge >= 0.3 is 5.97 Å². The predicted molar refractivity (Wildman–Crippen MR) is 152 cm³/mol. The lowest BCUT2D eigenvalue weighted by molar-refractivity contribution is -0.143. The zero-order valence-electron chi connectivity index (χ0n) is 23.8. The minimum Gasteiger partial charge on any atom is -0.466 e. The lowest BCUT2D eigenvalue weighted by atomic mass is 10.0. The lowest BCUT2D eigenvalue weighted by Crippen LogP contribution is -2.05. The van der Waals surface area contributed by atoms with Gasteiger partial charge in [0, 0.05) is 6.42 Å². The van der Waals surface area contributed by atoms with Gasteiger partial charge in [-0.25, -0.2) is 0 Å². The summed E-state index contributed by atoms with van der Waals surface area (Å²) in [6.07, 6.45) is 38.0. The molecule has 0 heterocycles. The summed E-state index contributed by atoms with van der Waals surface area (Å²) in [5.74, 6) is -0.00815. The quantitative estimate of drug-likeness (QED) is 0.0785. The number of carbonyl (C=O) groups excluding carboxylic acids is 1. The molecular formula is C32H64O2. The summed E-state index contributed by atoms with van der Waals surface area (Å²) in [5.41, 5.74) is 0. The first kappa shape index (κ1) is 33.5. The summed E-state index contributed by atoms with van der Waals surface area (Å²) >= 11 is 0. The molecule has 0 bridgehead atoms. The van der Waals surface area contributed by atoms with Crippen molar-refractivity contribution in [3.05, 3.63) is 0 Å². The van der Waals surface area contributed by atoms with Crippen LogP contribution < -0.4 is 0 Å². The smallest absolute Gasteiger partial charge is 0.305 e. The minimum absolute atomic E-state index is 0.00815. The van der Waals surface area contributed by atoms with Crippen molar-refractivity contribution in [2.75, 3.05) is 6.61 Å². The van der Waals surface area contributed by atoms with E-state index in [1.54, 1.807) is 0 Å². The van der Waals surface area contributed by atoms with Crippen LogP contribution in [0.3, 0.4) is 0 Å². The van der Waals surface area contributed by atoms with E-state index in [-0.39, 0.29) is 5.97 Å². The average Bonchev–Trinajstić information content (AvgIpc) is 2.84. The SMILES string of the molecule is CCCCCCCCCCCCCCCCCCCCCCCCCCCOC(=O)CCCC. The van der Waals surface area contributed by atoms with Crippen LogP contribution in [0.15, 0.2) is 0 Å². The Morgan fingerprint density at radius 3 is 0.941 bits per heavy atom. The molecule has 0 radical (unpaired) electrons. The minimum atomic E-state index is -0.00815. The van der Waals surface area contributed by atoms with Crippen LogP contribution in [0.2, 0.25) is 0 Å². The molecule has 0 aromatic heterocycles. The first-order chi connectivity index (χ1) is 16.8. The van der Waals surface area contributed by atoms with Crippen LogP contribution >= 0.6 is 0 Å². The highest BCUT2D eigenvalue weighted by molar-refractivity contribution is 5.69. The number of carbonyl (C=O) groups is 1. The van der Waals surface area contributed by atoms with E-state index in [4.69, 9.17) is 4.74 Å². The Bertz CT molecular complexity index is 379. The van der Waals surface area contributed by atoms with Crippen LogP contribution in [0.1, 0.15) is 194 Å². The number of rotatable bonds is 29. The van der Waals surface area contributed by atoms with Gasteiger partial charge in [-0.15, -0.1) is 0 Å². The fourth-order valence-electron chi connectivity index (χ4n) is 4.82. The highest BCUT2D eigenvalue weighted by atomic mass is 16.5. The molecule has 0 aliphatic rings. The van der Waals surface area contributed by atoms with Crippen molar-refractivity contribution < 1.29 is 9.53 Å². The average molecular weight is 481 g/mol. The molecule has 2 heteroatoms. The number of unbranched alkanes of at least 4 members (excludes halogenated alkanes) is 25. The summed E-state index contributed by atoms with van der Waals surface area (Å²) in [4.78, 5) is 11.4. The molecule has 0 aliphatic carbocycles. The van der Waals surface area contributed by atoms with E-state index >= 15 is 0 Å². The van der Waals surface area contributed by atoms with Crippen LogP contribution in [0, 0.1) is 0 Å². The zero-order valence-corrected chi connectivity index (χ0v) is 23.8. The van der Waals surface area contributed by atoms with E-state index in [9.17, 15) is 4.79 Å². The fourth-order valence-corrected chi connectivity index (χ4v) is 4.82. The molecule has 0 saturated carbocycles. The van der Waals surface area contributed by atoms with Crippen molar-refractivity contribution in [2.24, 2.45) is 0 Å². The maximum Gasteiger partial charge on any atom is 0.305 e. The highest BCUT2D eigenvalue weighted by Crippen LogP contribution is 2.15. The van der Waals surface area contributed by atoms with Gasteiger partial charge < -0.3 is 4.74 Å². The molecule has 0 fully saturated rings. The number of hydrogen-bond donors (Lipinski definition) is 0. The molecule has 204 valence electrons. The summed E-state index contributed by atoms with van der Waals surface area (Å²) in [6.45, 7) is 5.03. The molecule has 0 rings (SSSR count). The van der Waals surface area contributed by atoms with Crippen molar-refractivity contribution in [2.45, 2.75) is 194 Å². The second-order valence-electron chi connectivity index (χ2n) is 10.8. The van der Waals surface area contributed by atoms with E-state index in [1.165, 1.54) is 154 Å². The summed E-state index contributed by atoms with van der Waals surface area (Å²) in [6, 6.07) is 0. The van der Waals surface area contributed by atoms with E-state index < -0.39 is 0 Å². The van der Waals surface area contributed by atoms with Gasteiger partial charge in [0.15, 0.2) is 0 Å². The van der Waals surface area contributed by atoms with Crippen molar-refractivity contribution in [3.63, 3.8) is 0 Å². The van der Waals surface area contributed by atoms with Crippen molar-refractivity contribution in [1.82, 2.24) is 0 Å². The van der Waals surface area contributed by atoms with Crippen LogP contribution in [0.5, 0.6) is 0 Å². The van der Waals surface area contributed by atoms with Crippen LogP contribution in [-0.2, 0) is 9.53 Å². The molecule has 0 amide bonds. The molecule has 0 aromatic carbocycles. The first-order valence-electron chi connectivity index (χ1n) is 16.0. The third kappa shape index (κ3) is 29.5. The normalized spacial score (nSPS) is 11.2. The molecule has 0 saturated heterocycles. The summed E-state index contributed by atoms with van der Waals surface area (Å²) in [5, 5.41) is 0. The molecule has 0 atom stereocenters. The van der Waals surface area contributed by atoms with Crippen molar-refractivity contribution in [1.29, 1.82) is 0 Å². The highest BCUT2D eigenvalue weighted by Gasteiger charge is 2.01. The monoisotopic (exact) mass is 480 g/mol. The van der Waals surface area contributed by atoms with Gasteiger partial charge in [0.05, 0.1) is 6.61 Å². The molecule has 0 aromatic rings. The maximum absolute atomic E-state index is 11.4. The number of hydrogen-bond acceptors (Lipinski definition) is 2. The van der Waals surface area contributed by atoms with E-state index in [2.05, 4.69) is 13.8 Å². The van der Waals surface area contributed by atoms with Gasteiger partial charge in [-0.05, 0) is 12.8 Å². The van der Waals surface area contributed by atoms with Gasteiger partial charge in [0.2, 0.25) is 0 Å². The number of ether oxygens (including phenoxy) is 1. The molecule has 0 unspecified atom stereocenters. The van der Waals surface area contributed by atoms with Crippen LogP contribution in [-0.4, -0.2) is 12.6 Å². The van der Waals surface area contributed by atoms with Crippen LogP contribution in [0.25, 0.3) is 0 Å². The first-order valence-corrected chi connectivity index (χ1v) is 16.0. The second kappa shape index (κ2) is 30.5. The molecule has 0 aliphatic heterocycles. The van der Waals surface area contributed by atoms with E-state index in [0.717, 1.165) is 19.3 Å². The summed E-state index contributed by atoms with van der Waals surface area (Å²) in [7, 11) is 0. The third-order valence-corrected chi connectivity index (χ3v) is 7.25. The molecule has 0 spiro atoms. The Kier molecular flexibility index (Phi) is 30.0. The number of esters is 1.